The molecule has 0 atom stereocenters. The lowest BCUT2D eigenvalue weighted by molar-refractivity contribution is -0.120. The summed E-state index contributed by atoms with van der Waals surface area (Å²) in [5.74, 6) is 1.47. The molecule has 0 saturated carbocycles. The Hall–Kier alpha value is -3.22. The molecule has 7 heteroatoms. The number of phenols is 1. The average molecular weight is 342 g/mol. The summed E-state index contributed by atoms with van der Waals surface area (Å²) in [5, 5.41) is 13.5. The summed E-state index contributed by atoms with van der Waals surface area (Å²) >= 11 is 0. The molecule has 0 spiro atoms. The second kappa shape index (κ2) is 7.57. The number of ether oxygens (including phenoxy) is 3. The smallest absolute Gasteiger partial charge is 0.244 e. The van der Waals surface area contributed by atoms with Crippen LogP contribution in [-0.4, -0.2) is 37.6 Å². The number of phenolic OH excluding ortho intramolecular Hbond substituents is 1. The van der Waals surface area contributed by atoms with Gasteiger partial charge in [0.25, 0.3) is 0 Å². The number of carbonyl (C=O) groups excluding carboxylic acids is 1. The van der Waals surface area contributed by atoms with Gasteiger partial charge in [-0.25, -0.2) is 5.43 Å². The number of amides is 1. The quantitative estimate of drug-likeness (QED) is 0.639. The number of methoxy groups -OCH3 is 1. The van der Waals surface area contributed by atoms with Crippen molar-refractivity contribution in [3.05, 3.63) is 47.5 Å². The topological polar surface area (TPSA) is 89.4 Å². The zero-order valence-corrected chi connectivity index (χ0v) is 13.7. The molecule has 25 heavy (non-hydrogen) atoms. The molecule has 1 amide bonds. The van der Waals surface area contributed by atoms with E-state index in [0.717, 1.165) is 5.56 Å². The summed E-state index contributed by atoms with van der Waals surface area (Å²) in [4.78, 5) is 12.0. The van der Waals surface area contributed by atoms with Crippen molar-refractivity contribution in [2.24, 2.45) is 5.10 Å². The van der Waals surface area contributed by atoms with E-state index < -0.39 is 0 Å². The van der Waals surface area contributed by atoms with Crippen molar-refractivity contribution < 1.29 is 24.1 Å². The number of hydrogen-bond donors (Lipinski definition) is 2. The molecule has 3 rings (SSSR count). The molecule has 2 aromatic rings. The van der Waals surface area contributed by atoms with Crippen LogP contribution in [-0.2, 0) is 11.2 Å². The first-order chi connectivity index (χ1) is 12.2. The zero-order valence-electron chi connectivity index (χ0n) is 13.7. The van der Waals surface area contributed by atoms with Gasteiger partial charge < -0.3 is 19.3 Å². The summed E-state index contributed by atoms with van der Waals surface area (Å²) in [6, 6.07) is 10.2. The van der Waals surface area contributed by atoms with Gasteiger partial charge >= 0.3 is 0 Å². The summed E-state index contributed by atoms with van der Waals surface area (Å²) in [6.07, 6.45) is 1.65. The van der Waals surface area contributed by atoms with E-state index in [1.165, 1.54) is 19.4 Å². The minimum absolute atomic E-state index is 0.0438. The standard InChI is InChI=1S/C18H18N2O5/c1-23-16-9-13(2-4-14(16)21)11-19-20-18(22)10-12-3-5-15-17(8-12)25-7-6-24-15/h2-5,8-9,11,21H,6-7,10H2,1H3,(H,20,22)/b19-11+. The minimum atomic E-state index is -0.251. The van der Waals surface area contributed by atoms with Crippen molar-refractivity contribution in [2.75, 3.05) is 20.3 Å². The van der Waals surface area contributed by atoms with Crippen LogP contribution in [0.25, 0.3) is 0 Å². The summed E-state index contributed by atoms with van der Waals surface area (Å²) in [6.45, 7) is 1.03. The molecule has 0 bridgehead atoms. The molecule has 0 fully saturated rings. The van der Waals surface area contributed by atoms with Crippen molar-refractivity contribution in [2.45, 2.75) is 6.42 Å². The van der Waals surface area contributed by atoms with E-state index >= 15 is 0 Å². The SMILES string of the molecule is COc1cc(/C=N/NC(=O)Cc2ccc3c(c2)OCCO3)ccc1O. The Balaban J connectivity index is 1.57. The van der Waals surface area contributed by atoms with Gasteiger partial charge in [0.05, 0.1) is 19.7 Å². The van der Waals surface area contributed by atoms with Gasteiger partial charge in [0, 0.05) is 0 Å². The maximum Gasteiger partial charge on any atom is 0.244 e. The molecule has 1 heterocycles. The van der Waals surface area contributed by atoms with Crippen LogP contribution in [0.5, 0.6) is 23.0 Å². The molecule has 7 nitrogen and oxygen atoms in total. The Morgan fingerprint density at radius 3 is 2.84 bits per heavy atom. The van der Waals surface area contributed by atoms with Gasteiger partial charge in [-0.15, -0.1) is 0 Å². The van der Waals surface area contributed by atoms with E-state index in [0.29, 0.717) is 36.0 Å². The lowest BCUT2D eigenvalue weighted by Gasteiger charge is -2.18. The predicted octanol–water partition coefficient (Wildman–Crippen LogP) is 1.86. The molecular formula is C18H18N2O5. The van der Waals surface area contributed by atoms with Crippen molar-refractivity contribution in [1.82, 2.24) is 5.43 Å². The summed E-state index contributed by atoms with van der Waals surface area (Å²) in [7, 11) is 1.46. The van der Waals surface area contributed by atoms with Gasteiger partial charge in [-0.05, 0) is 41.5 Å². The van der Waals surface area contributed by atoms with E-state index in [2.05, 4.69) is 10.5 Å². The second-order valence-corrected chi connectivity index (χ2v) is 5.38. The molecule has 130 valence electrons. The first kappa shape index (κ1) is 16.6. The van der Waals surface area contributed by atoms with E-state index in [9.17, 15) is 9.90 Å². The molecule has 2 aromatic carbocycles. The monoisotopic (exact) mass is 342 g/mol. The number of carbonyl (C=O) groups is 1. The molecule has 1 aliphatic heterocycles. The molecule has 2 N–H and O–H groups in total. The second-order valence-electron chi connectivity index (χ2n) is 5.38. The number of nitrogens with one attached hydrogen (secondary N) is 1. The highest BCUT2D eigenvalue weighted by molar-refractivity contribution is 5.84. The van der Waals surface area contributed by atoms with Crippen molar-refractivity contribution in [3.8, 4) is 23.0 Å². The highest BCUT2D eigenvalue weighted by Crippen LogP contribution is 2.30. The van der Waals surface area contributed by atoms with Gasteiger partial charge in [0.2, 0.25) is 5.91 Å². The Kier molecular flexibility index (Phi) is 5.03. The third-order valence-corrected chi connectivity index (χ3v) is 3.58. The van der Waals surface area contributed by atoms with Crippen LogP contribution >= 0.6 is 0 Å². The van der Waals surface area contributed by atoms with Gasteiger partial charge in [-0.2, -0.15) is 5.10 Å². The number of fused-ring (bicyclic) bond motifs is 1. The van der Waals surface area contributed by atoms with E-state index in [1.54, 1.807) is 24.3 Å². The lowest BCUT2D eigenvalue weighted by atomic mass is 10.1. The number of aromatic hydroxyl groups is 1. The highest BCUT2D eigenvalue weighted by atomic mass is 16.6. The largest absolute Gasteiger partial charge is 0.504 e. The minimum Gasteiger partial charge on any atom is -0.504 e. The predicted molar refractivity (Wildman–Crippen MR) is 91.5 cm³/mol. The maximum atomic E-state index is 12.0. The molecule has 0 saturated heterocycles. The Bertz CT molecular complexity index is 804. The lowest BCUT2D eigenvalue weighted by Crippen LogP contribution is -2.20. The molecule has 1 aliphatic rings. The number of hydrazone groups is 1. The van der Waals surface area contributed by atoms with Crippen LogP contribution in [0.2, 0.25) is 0 Å². The molecule has 0 radical (unpaired) electrons. The van der Waals surface area contributed by atoms with Crippen LogP contribution in [0.4, 0.5) is 0 Å². The van der Waals surface area contributed by atoms with Gasteiger partial charge in [0.15, 0.2) is 23.0 Å². The fourth-order valence-electron chi connectivity index (χ4n) is 2.38. The van der Waals surface area contributed by atoms with Crippen LogP contribution in [0.3, 0.4) is 0 Å². The highest BCUT2D eigenvalue weighted by Gasteiger charge is 2.13. The molecule has 0 unspecified atom stereocenters. The summed E-state index contributed by atoms with van der Waals surface area (Å²) < 4.78 is 16.0. The van der Waals surface area contributed by atoms with Crippen molar-refractivity contribution in [1.29, 1.82) is 0 Å². The van der Waals surface area contributed by atoms with Gasteiger partial charge in [-0.3, -0.25) is 4.79 Å². The zero-order chi connectivity index (χ0) is 17.6. The van der Waals surface area contributed by atoms with Crippen molar-refractivity contribution >= 4 is 12.1 Å². The molecule has 0 aliphatic carbocycles. The first-order valence-electron chi connectivity index (χ1n) is 7.73. The normalized spacial score (nSPS) is 12.8. The maximum absolute atomic E-state index is 12.0. The van der Waals surface area contributed by atoms with Crippen LogP contribution < -0.4 is 19.6 Å². The Morgan fingerprint density at radius 2 is 2.04 bits per heavy atom. The van der Waals surface area contributed by atoms with Crippen molar-refractivity contribution in [3.63, 3.8) is 0 Å². The van der Waals surface area contributed by atoms with E-state index in [4.69, 9.17) is 14.2 Å². The van der Waals surface area contributed by atoms with Crippen LogP contribution in [0.1, 0.15) is 11.1 Å². The Morgan fingerprint density at radius 1 is 1.24 bits per heavy atom. The third-order valence-electron chi connectivity index (χ3n) is 3.58. The number of hydrogen-bond acceptors (Lipinski definition) is 6. The fourth-order valence-corrected chi connectivity index (χ4v) is 2.38. The fraction of sp³-hybridized carbons (Fsp3) is 0.222. The van der Waals surface area contributed by atoms with Gasteiger partial charge in [0.1, 0.15) is 13.2 Å². The van der Waals surface area contributed by atoms with Crippen LogP contribution in [0.15, 0.2) is 41.5 Å². The molecular weight excluding hydrogens is 324 g/mol. The number of nitrogens with zero attached hydrogens (tertiary/aromatic N) is 1. The molecule has 0 aromatic heterocycles. The summed E-state index contributed by atoms with van der Waals surface area (Å²) in [5.41, 5.74) is 3.96. The Labute approximate surface area is 144 Å². The van der Waals surface area contributed by atoms with E-state index in [-0.39, 0.29) is 18.1 Å². The number of rotatable bonds is 5. The number of benzene rings is 2. The van der Waals surface area contributed by atoms with Crippen LogP contribution in [0, 0.1) is 0 Å². The first-order valence-corrected chi connectivity index (χ1v) is 7.73. The third kappa shape index (κ3) is 4.20. The van der Waals surface area contributed by atoms with E-state index in [1.807, 2.05) is 6.07 Å². The van der Waals surface area contributed by atoms with Gasteiger partial charge in [-0.1, -0.05) is 6.07 Å². The average Bonchev–Trinajstić information content (AvgIpc) is 2.63.